The molecular weight excluding hydrogens is 356 g/mol. The second kappa shape index (κ2) is 11.3. The van der Waals surface area contributed by atoms with E-state index in [1.165, 1.54) is 0 Å². The summed E-state index contributed by atoms with van der Waals surface area (Å²) in [6.07, 6.45) is 1.70. The number of hydrogen-bond acceptors (Lipinski definition) is 5. The lowest BCUT2D eigenvalue weighted by Crippen LogP contribution is -2.56. The summed E-state index contributed by atoms with van der Waals surface area (Å²) in [5.74, 6) is 1.60. The fraction of sp³-hybridized carbons (Fsp3) is 0.952. The molecule has 1 N–H and O–H groups in total. The van der Waals surface area contributed by atoms with Crippen molar-refractivity contribution in [1.82, 2.24) is 15.1 Å². The third kappa shape index (κ3) is 7.17. The number of rotatable bonds is 9. The molecule has 0 bridgehead atoms. The molecule has 2 aliphatic heterocycles. The number of nitrogens with zero attached hydrogens (tertiary/aromatic N) is 3. The maximum Gasteiger partial charge on any atom is 0.193 e. The Morgan fingerprint density at radius 2 is 1.89 bits per heavy atom. The third-order valence-electron chi connectivity index (χ3n) is 5.60. The Labute approximate surface area is 171 Å². The first kappa shape index (κ1) is 23.4. The van der Waals surface area contributed by atoms with Gasteiger partial charge in [0, 0.05) is 51.3 Å². The van der Waals surface area contributed by atoms with Crippen molar-refractivity contribution < 1.29 is 14.2 Å². The standard InChI is InChI=1S/C21H42N4O3/c1-7-22-20(24-9-8-19(14-24)15-27-11-10-26-6)23-16-21(4,5)25-12-17(2)28-18(3)13-25/h17-19H,7-16H2,1-6H3,(H,22,23). The van der Waals surface area contributed by atoms with Gasteiger partial charge in [-0.05, 0) is 41.0 Å². The van der Waals surface area contributed by atoms with Crippen molar-refractivity contribution in [2.75, 3.05) is 66.2 Å². The van der Waals surface area contributed by atoms with Gasteiger partial charge in [0.15, 0.2) is 5.96 Å². The zero-order valence-corrected chi connectivity index (χ0v) is 18.9. The monoisotopic (exact) mass is 398 g/mol. The SMILES string of the molecule is CCNC(=NCC(C)(C)N1CC(C)OC(C)C1)N1CCC(COCCOC)C1. The molecule has 0 aliphatic carbocycles. The molecule has 2 rings (SSSR count). The summed E-state index contributed by atoms with van der Waals surface area (Å²) in [7, 11) is 1.71. The quantitative estimate of drug-likeness (QED) is 0.363. The minimum atomic E-state index is 0.00929. The fourth-order valence-corrected chi connectivity index (χ4v) is 4.02. The summed E-state index contributed by atoms with van der Waals surface area (Å²) < 4.78 is 16.7. The van der Waals surface area contributed by atoms with Crippen LogP contribution < -0.4 is 5.32 Å². The van der Waals surface area contributed by atoms with Crippen LogP contribution in [-0.2, 0) is 14.2 Å². The summed E-state index contributed by atoms with van der Waals surface area (Å²) in [4.78, 5) is 9.93. The first-order valence-electron chi connectivity index (χ1n) is 10.9. The molecule has 0 aromatic heterocycles. The molecule has 2 fully saturated rings. The lowest BCUT2D eigenvalue weighted by atomic mass is 10.0. The molecular formula is C21H42N4O3. The Kier molecular flexibility index (Phi) is 9.47. The molecule has 7 heteroatoms. The average molecular weight is 399 g/mol. The van der Waals surface area contributed by atoms with Crippen molar-refractivity contribution in [2.24, 2.45) is 10.9 Å². The van der Waals surface area contributed by atoms with Gasteiger partial charge in [-0.2, -0.15) is 0 Å². The van der Waals surface area contributed by atoms with Gasteiger partial charge in [0.1, 0.15) is 0 Å². The number of ether oxygens (including phenoxy) is 3. The van der Waals surface area contributed by atoms with Gasteiger partial charge in [-0.1, -0.05) is 0 Å². The molecule has 164 valence electrons. The minimum Gasteiger partial charge on any atom is -0.382 e. The van der Waals surface area contributed by atoms with E-state index in [0.717, 1.165) is 58.3 Å². The maximum absolute atomic E-state index is 5.90. The second-order valence-electron chi connectivity index (χ2n) is 8.81. The molecule has 0 aromatic rings. The lowest BCUT2D eigenvalue weighted by molar-refractivity contribution is -0.0939. The smallest absolute Gasteiger partial charge is 0.193 e. The van der Waals surface area contributed by atoms with E-state index in [1.807, 2.05) is 0 Å². The highest BCUT2D eigenvalue weighted by atomic mass is 16.5. The van der Waals surface area contributed by atoms with Crippen LogP contribution in [0.5, 0.6) is 0 Å². The van der Waals surface area contributed by atoms with E-state index in [-0.39, 0.29) is 17.7 Å². The molecule has 0 spiro atoms. The van der Waals surface area contributed by atoms with Crippen molar-refractivity contribution in [3.05, 3.63) is 0 Å². The number of morpholine rings is 1. The Balaban J connectivity index is 1.90. The van der Waals surface area contributed by atoms with Crippen LogP contribution in [0.3, 0.4) is 0 Å². The zero-order chi connectivity index (χ0) is 20.6. The largest absolute Gasteiger partial charge is 0.382 e. The molecule has 28 heavy (non-hydrogen) atoms. The van der Waals surface area contributed by atoms with Crippen LogP contribution in [-0.4, -0.2) is 99.7 Å². The molecule has 2 aliphatic rings. The van der Waals surface area contributed by atoms with Crippen LogP contribution in [0.15, 0.2) is 4.99 Å². The van der Waals surface area contributed by atoms with E-state index in [1.54, 1.807) is 7.11 Å². The van der Waals surface area contributed by atoms with Gasteiger partial charge in [-0.3, -0.25) is 9.89 Å². The summed E-state index contributed by atoms with van der Waals surface area (Å²) in [6, 6.07) is 0. The van der Waals surface area contributed by atoms with Crippen LogP contribution in [0.4, 0.5) is 0 Å². The first-order chi connectivity index (χ1) is 13.4. The number of aliphatic imine (C=N–C) groups is 1. The molecule has 2 saturated heterocycles. The van der Waals surface area contributed by atoms with Gasteiger partial charge in [0.25, 0.3) is 0 Å². The first-order valence-corrected chi connectivity index (χ1v) is 10.9. The highest BCUT2D eigenvalue weighted by Gasteiger charge is 2.33. The van der Waals surface area contributed by atoms with Crippen LogP contribution in [0.25, 0.3) is 0 Å². The number of hydrogen-bond donors (Lipinski definition) is 1. The van der Waals surface area contributed by atoms with E-state index in [9.17, 15) is 0 Å². The molecule has 0 aromatic carbocycles. The number of likely N-dealkylation sites (tertiary alicyclic amines) is 1. The predicted molar refractivity (Wildman–Crippen MR) is 114 cm³/mol. The molecule has 7 nitrogen and oxygen atoms in total. The number of nitrogens with one attached hydrogen (secondary N) is 1. The number of guanidine groups is 1. The Hall–Kier alpha value is -0.890. The zero-order valence-electron chi connectivity index (χ0n) is 18.9. The normalized spacial score (nSPS) is 27.4. The van der Waals surface area contributed by atoms with Crippen LogP contribution in [0.2, 0.25) is 0 Å². The highest BCUT2D eigenvalue weighted by Crippen LogP contribution is 2.22. The molecule has 3 unspecified atom stereocenters. The summed E-state index contributed by atoms with van der Waals surface area (Å²) in [6.45, 7) is 18.8. The van der Waals surface area contributed by atoms with Gasteiger partial charge in [-0.25, -0.2) is 0 Å². The summed E-state index contributed by atoms with van der Waals surface area (Å²) in [5, 5.41) is 3.49. The van der Waals surface area contributed by atoms with Gasteiger partial charge >= 0.3 is 0 Å². The predicted octanol–water partition coefficient (Wildman–Crippen LogP) is 1.82. The Morgan fingerprint density at radius 1 is 1.18 bits per heavy atom. The maximum atomic E-state index is 5.90. The lowest BCUT2D eigenvalue weighted by Gasteiger charge is -2.44. The molecule has 0 amide bonds. The highest BCUT2D eigenvalue weighted by molar-refractivity contribution is 5.80. The topological polar surface area (TPSA) is 58.6 Å². The summed E-state index contributed by atoms with van der Waals surface area (Å²) >= 11 is 0. The Bertz CT molecular complexity index is 476. The van der Waals surface area contributed by atoms with Crippen molar-refractivity contribution in [3.8, 4) is 0 Å². The van der Waals surface area contributed by atoms with Crippen molar-refractivity contribution >= 4 is 5.96 Å². The van der Waals surface area contributed by atoms with E-state index in [0.29, 0.717) is 19.1 Å². The van der Waals surface area contributed by atoms with Crippen LogP contribution in [0, 0.1) is 5.92 Å². The average Bonchev–Trinajstić information content (AvgIpc) is 3.10. The van der Waals surface area contributed by atoms with Gasteiger partial charge in [0.05, 0.1) is 38.6 Å². The fourth-order valence-electron chi connectivity index (χ4n) is 4.02. The number of methoxy groups -OCH3 is 1. The molecule has 3 atom stereocenters. The molecule has 0 radical (unpaired) electrons. The summed E-state index contributed by atoms with van der Waals surface area (Å²) in [5.41, 5.74) is 0.00929. The van der Waals surface area contributed by atoms with Crippen molar-refractivity contribution in [1.29, 1.82) is 0 Å². The second-order valence-corrected chi connectivity index (χ2v) is 8.81. The van der Waals surface area contributed by atoms with Crippen molar-refractivity contribution in [3.63, 3.8) is 0 Å². The van der Waals surface area contributed by atoms with Crippen LogP contribution in [0.1, 0.15) is 41.0 Å². The minimum absolute atomic E-state index is 0.00929. The van der Waals surface area contributed by atoms with E-state index < -0.39 is 0 Å². The van der Waals surface area contributed by atoms with E-state index >= 15 is 0 Å². The van der Waals surface area contributed by atoms with Gasteiger partial charge < -0.3 is 24.4 Å². The Morgan fingerprint density at radius 3 is 2.54 bits per heavy atom. The van der Waals surface area contributed by atoms with E-state index in [2.05, 4.69) is 49.7 Å². The molecule has 2 heterocycles. The molecule has 0 saturated carbocycles. The van der Waals surface area contributed by atoms with Crippen LogP contribution >= 0.6 is 0 Å². The third-order valence-corrected chi connectivity index (χ3v) is 5.60. The van der Waals surface area contributed by atoms with Gasteiger partial charge in [0.2, 0.25) is 0 Å². The van der Waals surface area contributed by atoms with Crippen molar-refractivity contribution in [2.45, 2.75) is 58.8 Å². The van der Waals surface area contributed by atoms with Gasteiger partial charge in [-0.15, -0.1) is 0 Å². The van der Waals surface area contributed by atoms with E-state index in [4.69, 9.17) is 19.2 Å².